The van der Waals surface area contributed by atoms with Crippen molar-refractivity contribution in [3.8, 4) is 0 Å². The maximum atomic E-state index is 12.7. The van der Waals surface area contributed by atoms with Gasteiger partial charge in [-0.1, -0.05) is 37.6 Å². The molecule has 0 aliphatic heterocycles. The minimum atomic E-state index is -0.265. The number of nitrogens with zero attached hydrogens (tertiary/aromatic N) is 1. The number of pyridine rings is 1. The van der Waals surface area contributed by atoms with Gasteiger partial charge in [-0.15, -0.1) is 0 Å². The molecule has 1 aliphatic carbocycles. The average Bonchev–Trinajstić information content (AvgIpc) is 3.15. The van der Waals surface area contributed by atoms with Gasteiger partial charge in [-0.3, -0.25) is 9.59 Å². The summed E-state index contributed by atoms with van der Waals surface area (Å²) in [6, 6.07) is 12.3. The molecule has 1 heterocycles. The standard InChI is InChI=1S/C22H25N3O2/c1-14(2)12-17-19(22(17,3)4)21(27)24-16-9-7-8-15(13-16)20(26)25-18-10-5-6-11-23-18/h5-13,17,19H,1-4H3,(H,24,27)(H,23,25,26)/t17-,19-/m1/s1. The number of allylic oxidation sites excluding steroid dienone is 2. The summed E-state index contributed by atoms with van der Waals surface area (Å²) in [6.45, 7) is 8.32. The van der Waals surface area contributed by atoms with Crippen molar-refractivity contribution >= 4 is 23.3 Å². The molecule has 27 heavy (non-hydrogen) atoms. The van der Waals surface area contributed by atoms with Gasteiger partial charge >= 0.3 is 0 Å². The highest BCUT2D eigenvalue weighted by Crippen LogP contribution is 2.59. The molecule has 0 radical (unpaired) electrons. The van der Waals surface area contributed by atoms with E-state index in [1.165, 1.54) is 5.57 Å². The normalized spacial score (nSPS) is 19.7. The second kappa shape index (κ2) is 7.35. The molecule has 1 fully saturated rings. The van der Waals surface area contributed by atoms with E-state index in [2.05, 4.69) is 35.5 Å². The minimum Gasteiger partial charge on any atom is -0.326 e. The zero-order chi connectivity index (χ0) is 19.6. The Balaban J connectivity index is 1.68. The first-order chi connectivity index (χ1) is 12.8. The Morgan fingerprint density at radius 2 is 1.85 bits per heavy atom. The minimum absolute atomic E-state index is 0.00946. The third-order valence-electron chi connectivity index (χ3n) is 5.00. The van der Waals surface area contributed by atoms with Crippen LogP contribution in [0.4, 0.5) is 11.5 Å². The number of hydrogen-bond acceptors (Lipinski definition) is 3. The molecule has 0 unspecified atom stereocenters. The van der Waals surface area contributed by atoms with Gasteiger partial charge in [-0.2, -0.15) is 0 Å². The van der Waals surface area contributed by atoms with Crippen molar-refractivity contribution < 1.29 is 9.59 Å². The third kappa shape index (κ3) is 4.25. The zero-order valence-electron chi connectivity index (χ0n) is 16.1. The van der Waals surface area contributed by atoms with E-state index in [1.54, 1.807) is 48.7 Å². The maximum absolute atomic E-state index is 12.7. The molecule has 2 N–H and O–H groups in total. The summed E-state index contributed by atoms with van der Waals surface area (Å²) in [6.07, 6.45) is 3.79. The van der Waals surface area contributed by atoms with Crippen molar-refractivity contribution in [2.45, 2.75) is 27.7 Å². The van der Waals surface area contributed by atoms with E-state index < -0.39 is 0 Å². The lowest BCUT2D eigenvalue weighted by Gasteiger charge is -2.09. The topological polar surface area (TPSA) is 71.1 Å². The van der Waals surface area contributed by atoms with Gasteiger partial charge in [0, 0.05) is 17.4 Å². The molecule has 5 heteroatoms. The lowest BCUT2D eigenvalue weighted by atomic mass is 10.1. The predicted molar refractivity (Wildman–Crippen MR) is 107 cm³/mol. The highest BCUT2D eigenvalue weighted by atomic mass is 16.2. The summed E-state index contributed by atoms with van der Waals surface area (Å²) in [7, 11) is 0. The second-order valence-electron chi connectivity index (χ2n) is 7.81. The molecule has 1 saturated carbocycles. The number of nitrogens with one attached hydrogen (secondary N) is 2. The SMILES string of the molecule is CC(C)=C[C@@H]1[C@H](C(=O)Nc2cccc(C(=O)Nc3ccccn3)c2)C1(C)C. The molecule has 1 aromatic carbocycles. The van der Waals surface area contributed by atoms with Crippen molar-refractivity contribution in [3.63, 3.8) is 0 Å². The Bertz CT molecular complexity index is 883. The van der Waals surface area contributed by atoms with E-state index in [0.717, 1.165) is 0 Å². The van der Waals surface area contributed by atoms with E-state index in [0.29, 0.717) is 17.1 Å². The predicted octanol–water partition coefficient (Wildman–Crippen LogP) is 4.51. The Morgan fingerprint density at radius 1 is 1.07 bits per heavy atom. The number of anilines is 2. The summed E-state index contributed by atoms with van der Waals surface area (Å²) in [5.41, 5.74) is 2.26. The fourth-order valence-corrected chi connectivity index (χ4v) is 3.43. The largest absolute Gasteiger partial charge is 0.326 e. The number of rotatable bonds is 5. The molecular formula is C22H25N3O2. The van der Waals surface area contributed by atoms with Crippen LogP contribution in [0.3, 0.4) is 0 Å². The zero-order valence-corrected chi connectivity index (χ0v) is 16.1. The summed E-state index contributed by atoms with van der Waals surface area (Å²) in [4.78, 5) is 29.2. The summed E-state index contributed by atoms with van der Waals surface area (Å²) in [5, 5.41) is 5.70. The fraction of sp³-hybridized carbons (Fsp3) is 0.318. The van der Waals surface area contributed by atoms with Crippen LogP contribution in [0.2, 0.25) is 0 Å². The van der Waals surface area contributed by atoms with Crippen LogP contribution < -0.4 is 10.6 Å². The van der Waals surface area contributed by atoms with Crippen LogP contribution in [0.1, 0.15) is 38.1 Å². The van der Waals surface area contributed by atoms with Gasteiger partial charge in [0.1, 0.15) is 5.82 Å². The lowest BCUT2D eigenvalue weighted by molar-refractivity contribution is -0.118. The van der Waals surface area contributed by atoms with Gasteiger partial charge in [0.15, 0.2) is 0 Å². The molecule has 1 aliphatic rings. The van der Waals surface area contributed by atoms with E-state index >= 15 is 0 Å². The van der Waals surface area contributed by atoms with E-state index in [1.807, 2.05) is 13.8 Å². The van der Waals surface area contributed by atoms with Crippen LogP contribution in [-0.2, 0) is 4.79 Å². The maximum Gasteiger partial charge on any atom is 0.256 e. The molecular weight excluding hydrogens is 338 g/mol. The van der Waals surface area contributed by atoms with Gasteiger partial charge in [0.25, 0.3) is 5.91 Å². The van der Waals surface area contributed by atoms with Gasteiger partial charge in [0.2, 0.25) is 5.91 Å². The molecule has 2 aromatic rings. The van der Waals surface area contributed by atoms with Gasteiger partial charge in [-0.05, 0) is 55.5 Å². The molecule has 0 spiro atoms. The molecule has 3 rings (SSSR count). The molecule has 2 atom stereocenters. The van der Waals surface area contributed by atoms with E-state index in [-0.39, 0.29) is 29.1 Å². The van der Waals surface area contributed by atoms with Crippen LogP contribution in [0.15, 0.2) is 60.3 Å². The van der Waals surface area contributed by atoms with E-state index in [9.17, 15) is 9.59 Å². The summed E-state index contributed by atoms with van der Waals surface area (Å²) < 4.78 is 0. The van der Waals surface area contributed by atoms with Crippen molar-refractivity contribution in [2.24, 2.45) is 17.3 Å². The lowest BCUT2D eigenvalue weighted by Crippen LogP contribution is -2.18. The first kappa shape index (κ1) is 18.8. The number of carbonyl (C=O) groups is 2. The van der Waals surface area contributed by atoms with Crippen molar-refractivity contribution in [1.82, 2.24) is 4.98 Å². The molecule has 0 bridgehead atoms. The monoisotopic (exact) mass is 363 g/mol. The smallest absolute Gasteiger partial charge is 0.256 e. The van der Waals surface area contributed by atoms with Crippen molar-refractivity contribution in [1.29, 1.82) is 0 Å². The number of hydrogen-bond donors (Lipinski definition) is 2. The number of carbonyl (C=O) groups excluding carboxylic acids is 2. The molecule has 2 amide bonds. The van der Waals surface area contributed by atoms with Gasteiger partial charge in [-0.25, -0.2) is 4.98 Å². The molecule has 140 valence electrons. The molecule has 0 saturated heterocycles. The van der Waals surface area contributed by atoms with E-state index in [4.69, 9.17) is 0 Å². The number of amides is 2. The van der Waals surface area contributed by atoms with Gasteiger partial charge in [0.05, 0.1) is 5.92 Å². The van der Waals surface area contributed by atoms with Crippen molar-refractivity contribution in [3.05, 3.63) is 65.9 Å². The summed E-state index contributed by atoms with van der Waals surface area (Å²) in [5.74, 6) is 0.404. The van der Waals surface area contributed by atoms with Crippen molar-refractivity contribution in [2.75, 3.05) is 10.6 Å². The highest BCUT2D eigenvalue weighted by molar-refractivity contribution is 6.05. The fourth-order valence-electron chi connectivity index (χ4n) is 3.43. The van der Waals surface area contributed by atoms with Crippen LogP contribution in [0.5, 0.6) is 0 Å². The Hall–Kier alpha value is -2.95. The molecule has 5 nitrogen and oxygen atoms in total. The second-order valence-corrected chi connectivity index (χ2v) is 7.81. The van der Waals surface area contributed by atoms with Crippen LogP contribution >= 0.6 is 0 Å². The Morgan fingerprint density at radius 3 is 2.52 bits per heavy atom. The Kier molecular flexibility index (Phi) is 5.13. The van der Waals surface area contributed by atoms with Crippen LogP contribution in [0, 0.1) is 17.3 Å². The number of benzene rings is 1. The van der Waals surface area contributed by atoms with Gasteiger partial charge < -0.3 is 10.6 Å². The Labute approximate surface area is 159 Å². The third-order valence-corrected chi connectivity index (χ3v) is 5.00. The van der Waals surface area contributed by atoms with Crippen LogP contribution in [-0.4, -0.2) is 16.8 Å². The number of aromatic nitrogens is 1. The first-order valence-corrected chi connectivity index (χ1v) is 9.07. The quantitative estimate of drug-likeness (QED) is 0.768. The summed E-state index contributed by atoms with van der Waals surface area (Å²) >= 11 is 0. The average molecular weight is 363 g/mol. The van der Waals surface area contributed by atoms with Crippen LogP contribution in [0.25, 0.3) is 0 Å². The molecule has 1 aromatic heterocycles. The highest BCUT2D eigenvalue weighted by Gasteiger charge is 2.60. The first-order valence-electron chi connectivity index (χ1n) is 9.07.